The van der Waals surface area contributed by atoms with E-state index >= 15 is 0 Å². The van der Waals surface area contributed by atoms with Crippen molar-refractivity contribution in [3.05, 3.63) is 29.8 Å². The number of pyridine rings is 1. The Balaban J connectivity index is 0.00000176. The first-order chi connectivity index (χ1) is 10.2. The summed E-state index contributed by atoms with van der Waals surface area (Å²) >= 11 is 0. The Morgan fingerprint density at radius 2 is 2.41 bits per heavy atom. The molecule has 0 aromatic carbocycles. The van der Waals surface area contributed by atoms with Crippen molar-refractivity contribution >= 4 is 29.9 Å². The van der Waals surface area contributed by atoms with Crippen molar-refractivity contribution in [1.29, 1.82) is 0 Å². The Kier molecular flexibility index (Phi) is 5.96. The van der Waals surface area contributed by atoms with E-state index in [4.69, 9.17) is 4.74 Å². The SMILES string of the molecule is CN=C(NCc1ncccc1F)N1CCC2(CCOC2)C1.I. The van der Waals surface area contributed by atoms with Gasteiger partial charge in [0.05, 0.1) is 18.8 Å². The van der Waals surface area contributed by atoms with Gasteiger partial charge in [-0.05, 0) is 25.0 Å². The number of nitrogens with zero attached hydrogens (tertiary/aromatic N) is 3. The maximum Gasteiger partial charge on any atom is 0.193 e. The van der Waals surface area contributed by atoms with Gasteiger partial charge in [-0.1, -0.05) is 0 Å². The summed E-state index contributed by atoms with van der Waals surface area (Å²) in [5, 5.41) is 3.21. The van der Waals surface area contributed by atoms with Crippen molar-refractivity contribution in [3.63, 3.8) is 0 Å². The highest BCUT2D eigenvalue weighted by molar-refractivity contribution is 14.0. The van der Waals surface area contributed by atoms with E-state index in [0.29, 0.717) is 12.2 Å². The van der Waals surface area contributed by atoms with E-state index in [9.17, 15) is 4.39 Å². The number of aromatic nitrogens is 1. The van der Waals surface area contributed by atoms with Crippen LogP contribution in [0.4, 0.5) is 4.39 Å². The quantitative estimate of drug-likeness (QED) is 0.452. The third-order valence-corrected chi connectivity index (χ3v) is 4.38. The van der Waals surface area contributed by atoms with E-state index in [1.165, 1.54) is 6.07 Å². The second-order valence-corrected chi connectivity index (χ2v) is 5.81. The van der Waals surface area contributed by atoms with E-state index in [0.717, 1.165) is 45.1 Å². The van der Waals surface area contributed by atoms with Crippen LogP contribution in [0, 0.1) is 11.2 Å². The molecular weight excluding hydrogens is 398 g/mol. The molecule has 5 nitrogen and oxygen atoms in total. The molecule has 3 rings (SSSR count). The second kappa shape index (κ2) is 7.54. The maximum absolute atomic E-state index is 13.6. The molecule has 2 aliphatic heterocycles. The zero-order valence-electron chi connectivity index (χ0n) is 12.7. The number of rotatable bonds is 2. The van der Waals surface area contributed by atoms with Gasteiger partial charge in [0, 0.05) is 38.4 Å². The summed E-state index contributed by atoms with van der Waals surface area (Å²) in [6.07, 6.45) is 3.85. The summed E-state index contributed by atoms with van der Waals surface area (Å²) in [6.45, 7) is 3.97. The fourth-order valence-electron chi connectivity index (χ4n) is 3.13. The number of halogens is 2. The smallest absolute Gasteiger partial charge is 0.193 e. The monoisotopic (exact) mass is 420 g/mol. The van der Waals surface area contributed by atoms with Crippen LogP contribution in [0.15, 0.2) is 23.3 Å². The predicted octanol–water partition coefficient (Wildman–Crippen LogP) is 2.03. The van der Waals surface area contributed by atoms with Crippen LogP contribution < -0.4 is 5.32 Å². The number of hydrogen-bond acceptors (Lipinski definition) is 3. The first-order valence-corrected chi connectivity index (χ1v) is 7.35. The van der Waals surface area contributed by atoms with E-state index in [1.54, 1.807) is 19.3 Å². The molecule has 22 heavy (non-hydrogen) atoms. The molecule has 2 fully saturated rings. The molecule has 0 aliphatic carbocycles. The van der Waals surface area contributed by atoms with Crippen molar-refractivity contribution in [2.24, 2.45) is 10.4 Å². The topological polar surface area (TPSA) is 49.8 Å². The van der Waals surface area contributed by atoms with Crippen LogP contribution in [0.25, 0.3) is 0 Å². The van der Waals surface area contributed by atoms with Gasteiger partial charge in [0.25, 0.3) is 0 Å². The summed E-state index contributed by atoms with van der Waals surface area (Å²) < 4.78 is 19.1. The van der Waals surface area contributed by atoms with Gasteiger partial charge in [0.15, 0.2) is 5.96 Å². The first-order valence-electron chi connectivity index (χ1n) is 7.35. The highest BCUT2D eigenvalue weighted by Crippen LogP contribution is 2.38. The molecule has 2 aliphatic rings. The summed E-state index contributed by atoms with van der Waals surface area (Å²) in [5.41, 5.74) is 0.699. The molecule has 1 spiro atoms. The Hall–Kier alpha value is -0.960. The van der Waals surface area contributed by atoms with Gasteiger partial charge in [0.2, 0.25) is 0 Å². The van der Waals surface area contributed by atoms with Crippen molar-refractivity contribution in [1.82, 2.24) is 15.2 Å². The molecule has 3 heterocycles. The normalized spacial score (nSPS) is 24.6. The molecule has 1 aromatic rings. The average molecular weight is 420 g/mol. The van der Waals surface area contributed by atoms with Crippen LogP contribution in [0.2, 0.25) is 0 Å². The molecule has 1 aromatic heterocycles. The lowest BCUT2D eigenvalue weighted by Crippen LogP contribution is -2.41. The van der Waals surface area contributed by atoms with Crippen LogP contribution in [0.5, 0.6) is 0 Å². The van der Waals surface area contributed by atoms with Crippen LogP contribution in [0.1, 0.15) is 18.5 Å². The van der Waals surface area contributed by atoms with Crippen molar-refractivity contribution in [2.75, 3.05) is 33.4 Å². The standard InChI is InChI=1S/C15H21FN4O.HI/c1-17-14(19-9-13-12(16)3-2-6-18-13)20-7-4-15(10-20)5-8-21-11-15;/h2-3,6H,4-5,7-11H2,1H3,(H,17,19);1H. The zero-order valence-corrected chi connectivity index (χ0v) is 15.0. The van der Waals surface area contributed by atoms with Gasteiger partial charge in [-0.2, -0.15) is 0 Å². The van der Waals surface area contributed by atoms with Gasteiger partial charge < -0.3 is 15.0 Å². The molecular formula is C15H22FIN4O. The summed E-state index contributed by atoms with van der Waals surface area (Å²) in [4.78, 5) is 10.6. The summed E-state index contributed by atoms with van der Waals surface area (Å²) in [7, 11) is 1.76. The zero-order chi connectivity index (χ0) is 14.7. The van der Waals surface area contributed by atoms with Gasteiger partial charge in [-0.15, -0.1) is 24.0 Å². The number of ether oxygens (including phenoxy) is 1. The van der Waals surface area contributed by atoms with Gasteiger partial charge >= 0.3 is 0 Å². The van der Waals surface area contributed by atoms with Crippen molar-refractivity contribution < 1.29 is 9.13 Å². The van der Waals surface area contributed by atoms with E-state index in [-0.39, 0.29) is 35.2 Å². The number of hydrogen-bond donors (Lipinski definition) is 1. The Morgan fingerprint density at radius 3 is 3.09 bits per heavy atom. The fourth-order valence-corrected chi connectivity index (χ4v) is 3.13. The minimum atomic E-state index is -0.289. The highest BCUT2D eigenvalue weighted by atomic mass is 127. The number of nitrogens with one attached hydrogen (secondary N) is 1. The highest BCUT2D eigenvalue weighted by Gasteiger charge is 2.42. The number of aliphatic imine (C=N–C) groups is 1. The maximum atomic E-state index is 13.6. The van der Waals surface area contributed by atoms with E-state index < -0.39 is 0 Å². The molecule has 0 radical (unpaired) electrons. The largest absolute Gasteiger partial charge is 0.381 e. The van der Waals surface area contributed by atoms with Gasteiger partial charge in [-0.3, -0.25) is 9.98 Å². The molecule has 7 heteroatoms. The summed E-state index contributed by atoms with van der Waals surface area (Å²) in [5.74, 6) is 0.520. The Bertz CT molecular complexity index is 534. The number of likely N-dealkylation sites (tertiary alicyclic amines) is 1. The number of guanidine groups is 1. The molecule has 0 amide bonds. The van der Waals surface area contributed by atoms with Crippen LogP contribution >= 0.6 is 24.0 Å². The minimum absolute atomic E-state index is 0. The first kappa shape index (κ1) is 17.4. The predicted molar refractivity (Wildman–Crippen MR) is 93.9 cm³/mol. The third-order valence-electron chi connectivity index (χ3n) is 4.38. The van der Waals surface area contributed by atoms with Crippen molar-refractivity contribution in [3.8, 4) is 0 Å². The molecule has 122 valence electrons. The molecule has 0 bridgehead atoms. The van der Waals surface area contributed by atoms with E-state index in [2.05, 4.69) is 20.2 Å². The molecule has 1 atom stereocenters. The lowest BCUT2D eigenvalue weighted by molar-refractivity contribution is 0.156. The lowest BCUT2D eigenvalue weighted by Gasteiger charge is -2.24. The van der Waals surface area contributed by atoms with Crippen LogP contribution in [0.3, 0.4) is 0 Å². The molecule has 1 N–H and O–H groups in total. The van der Waals surface area contributed by atoms with E-state index in [1.807, 2.05) is 0 Å². The average Bonchev–Trinajstić information content (AvgIpc) is 3.12. The van der Waals surface area contributed by atoms with Gasteiger partial charge in [-0.25, -0.2) is 4.39 Å². The summed E-state index contributed by atoms with van der Waals surface area (Å²) in [6, 6.07) is 3.02. The van der Waals surface area contributed by atoms with Crippen LogP contribution in [-0.2, 0) is 11.3 Å². The van der Waals surface area contributed by atoms with Gasteiger partial charge in [0.1, 0.15) is 5.82 Å². The minimum Gasteiger partial charge on any atom is -0.381 e. The Morgan fingerprint density at radius 1 is 1.55 bits per heavy atom. The second-order valence-electron chi connectivity index (χ2n) is 5.81. The molecule has 1 unspecified atom stereocenters. The Labute approximate surface area is 147 Å². The van der Waals surface area contributed by atoms with Crippen molar-refractivity contribution in [2.45, 2.75) is 19.4 Å². The fraction of sp³-hybridized carbons (Fsp3) is 0.600. The van der Waals surface area contributed by atoms with Crippen LogP contribution in [-0.4, -0.2) is 49.2 Å². The lowest BCUT2D eigenvalue weighted by atomic mass is 9.87. The molecule has 0 saturated carbocycles. The molecule has 2 saturated heterocycles. The third kappa shape index (κ3) is 3.68.